The first-order valence-electron chi connectivity index (χ1n) is 6.98. The Balaban J connectivity index is 1.89. The van der Waals surface area contributed by atoms with E-state index < -0.39 is 0 Å². The molecule has 1 aliphatic heterocycles. The summed E-state index contributed by atoms with van der Waals surface area (Å²) in [6.07, 6.45) is 2.59. The number of hydrogen-bond acceptors (Lipinski definition) is 4. The van der Waals surface area contributed by atoms with E-state index in [1.807, 2.05) is 43.3 Å². The second-order valence-corrected chi connectivity index (χ2v) is 6.81. The summed E-state index contributed by atoms with van der Waals surface area (Å²) in [6, 6.07) is 14.7. The van der Waals surface area contributed by atoms with Crippen molar-refractivity contribution in [3.8, 4) is 0 Å². The number of hydrogen-bond donors (Lipinski definition) is 0. The molecule has 0 N–H and O–H groups in total. The highest BCUT2D eigenvalue weighted by atomic mass is 32.2. The van der Waals surface area contributed by atoms with Crippen LogP contribution >= 0.6 is 24.0 Å². The minimum Gasteiger partial charge on any atom is -0.298 e. The Labute approximate surface area is 144 Å². The van der Waals surface area contributed by atoms with Crippen LogP contribution in [0, 0.1) is 6.92 Å². The van der Waals surface area contributed by atoms with E-state index in [-0.39, 0.29) is 5.91 Å². The lowest BCUT2D eigenvalue weighted by Gasteiger charge is -2.14. The number of benzene rings is 2. The number of amides is 1. The average molecular weight is 339 g/mol. The molecule has 0 aromatic heterocycles. The predicted molar refractivity (Wildman–Crippen MR) is 98.7 cm³/mol. The number of aryl methyl sites for hydroxylation is 1. The third kappa shape index (κ3) is 3.25. The van der Waals surface area contributed by atoms with Crippen LogP contribution in [0.5, 0.6) is 0 Å². The molecule has 0 aliphatic carbocycles. The van der Waals surface area contributed by atoms with Crippen molar-refractivity contribution < 1.29 is 9.59 Å². The van der Waals surface area contributed by atoms with E-state index in [1.165, 1.54) is 11.8 Å². The van der Waals surface area contributed by atoms with E-state index in [9.17, 15) is 9.59 Å². The molecule has 23 heavy (non-hydrogen) atoms. The molecule has 0 saturated carbocycles. The maximum Gasteiger partial charge on any atom is 0.270 e. The summed E-state index contributed by atoms with van der Waals surface area (Å²) in [5, 5.41) is 0. The number of anilines is 1. The van der Waals surface area contributed by atoms with Crippen LogP contribution < -0.4 is 4.90 Å². The molecule has 1 amide bonds. The zero-order chi connectivity index (χ0) is 16.4. The molecule has 1 fully saturated rings. The van der Waals surface area contributed by atoms with Gasteiger partial charge in [0.15, 0.2) is 4.32 Å². The van der Waals surface area contributed by atoms with E-state index in [0.29, 0.717) is 14.8 Å². The Morgan fingerprint density at radius 1 is 1.00 bits per heavy atom. The standard InChI is InChI=1S/C18H13NO2S2/c1-12-2-8-15(9-3-12)19-17(21)16(23-18(19)22)10-13-4-6-14(11-20)7-5-13/h2-11H,1H3. The Bertz CT molecular complexity index is 808. The van der Waals surface area contributed by atoms with Crippen molar-refractivity contribution in [3.05, 3.63) is 70.1 Å². The van der Waals surface area contributed by atoms with Crippen molar-refractivity contribution in [1.82, 2.24) is 0 Å². The second kappa shape index (κ2) is 6.48. The molecular weight excluding hydrogens is 326 g/mol. The summed E-state index contributed by atoms with van der Waals surface area (Å²) in [4.78, 5) is 25.4. The van der Waals surface area contributed by atoms with Gasteiger partial charge in [0.1, 0.15) is 6.29 Å². The zero-order valence-corrected chi connectivity index (χ0v) is 14.0. The van der Waals surface area contributed by atoms with Crippen LogP contribution in [-0.2, 0) is 4.79 Å². The Morgan fingerprint density at radius 2 is 1.61 bits per heavy atom. The van der Waals surface area contributed by atoms with Crippen LogP contribution in [0.1, 0.15) is 21.5 Å². The average Bonchev–Trinajstić information content (AvgIpc) is 2.83. The lowest BCUT2D eigenvalue weighted by molar-refractivity contribution is -0.113. The van der Waals surface area contributed by atoms with Gasteiger partial charge in [-0.2, -0.15) is 0 Å². The van der Waals surface area contributed by atoms with Gasteiger partial charge in [-0.1, -0.05) is 65.9 Å². The monoisotopic (exact) mass is 339 g/mol. The zero-order valence-electron chi connectivity index (χ0n) is 12.4. The van der Waals surface area contributed by atoms with Gasteiger partial charge in [-0.05, 0) is 30.7 Å². The molecule has 0 radical (unpaired) electrons. The number of thioether (sulfide) groups is 1. The minimum atomic E-state index is -0.122. The van der Waals surface area contributed by atoms with Crippen molar-refractivity contribution in [3.63, 3.8) is 0 Å². The first-order chi connectivity index (χ1) is 11.1. The van der Waals surface area contributed by atoms with E-state index in [0.717, 1.165) is 23.1 Å². The minimum absolute atomic E-state index is 0.122. The summed E-state index contributed by atoms with van der Waals surface area (Å²) in [5.41, 5.74) is 3.37. The molecule has 1 heterocycles. The Morgan fingerprint density at radius 3 is 2.22 bits per heavy atom. The summed E-state index contributed by atoms with van der Waals surface area (Å²) in [7, 11) is 0. The fraction of sp³-hybridized carbons (Fsp3) is 0.0556. The van der Waals surface area contributed by atoms with Crippen LogP contribution in [-0.4, -0.2) is 16.5 Å². The van der Waals surface area contributed by atoms with Crippen LogP contribution in [0.25, 0.3) is 6.08 Å². The Hall–Kier alpha value is -2.24. The molecule has 0 atom stereocenters. The summed E-state index contributed by atoms with van der Waals surface area (Å²) < 4.78 is 0.523. The molecule has 0 bridgehead atoms. The van der Waals surface area contributed by atoms with Crippen molar-refractivity contribution in [2.24, 2.45) is 0 Å². The topological polar surface area (TPSA) is 37.4 Å². The van der Waals surface area contributed by atoms with Crippen molar-refractivity contribution in [2.75, 3.05) is 4.90 Å². The lowest BCUT2D eigenvalue weighted by atomic mass is 10.1. The van der Waals surface area contributed by atoms with E-state index in [2.05, 4.69) is 0 Å². The van der Waals surface area contributed by atoms with Gasteiger partial charge in [0.05, 0.1) is 10.6 Å². The fourth-order valence-electron chi connectivity index (χ4n) is 2.21. The van der Waals surface area contributed by atoms with Gasteiger partial charge >= 0.3 is 0 Å². The Kier molecular flexibility index (Phi) is 4.41. The van der Waals surface area contributed by atoms with Gasteiger partial charge < -0.3 is 0 Å². The third-order valence-corrected chi connectivity index (χ3v) is 4.76. The maximum atomic E-state index is 12.6. The number of thiocarbonyl (C=S) groups is 1. The van der Waals surface area contributed by atoms with Crippen LogP contribution in [0.2, 0.25) is 0 Å². The number of carbonyl (C=O) groups is 2. The molecule has 1 saturated heterocycles. The molecule has 3 rings (SSSR count). The molecule has 0 spiro atoms. The molecular formula is C18H13NO2S2. The van der Waals surface area contributed by atoms with Gasteiger partial charge in [0, 0.05) is 5.56 Å². The van der Waals surface area contributed by atoms with Crippen LogP contribution in [0.15, 0.2) is 53.4 Å². The van der Waals surface area contributed by atoms with Crippen molar-refractivity contribution in [1.29, 1.82) is 0 Å². The highest BCUT2D eigenvalue weighted by Gasteiger charge is 2.33. The third-order valence-electron chi connectivity index (χ3n) is 3.46. The van der Waals surface area contributed by atoms with Crippen molar-refractivity contribution >= 4 is 52.3 Å². The molecule has 5 heteroatoms. The van der Waals surface area contributed by atoms with E-state index >= 15 is 0 Å². The van der Waals surface area contributed by atoms with Gasteiger partial charge in [-0.15, -0.1) is 0 Å². The lowest BCUT2D eigenvalue weighted by Crippen LogP contribution is -2.27. The first-order valence-corrected chi connectivity index (χ1v) is 8.21. The van der Waals surface area contributed by atoms with Gasteiger partial charge in [-0.3, -0.25) is 14.5 Å². The van der Waals surface area contributed by atoms with Gasteiger partial charge in [-0.25, -0.2) is 0 Å². The summed E-state index contributed by atoms with van der Waals surface area (Å²) >= 11 is 6.63. The second-order valence-electron chi connectivity index (χ2n) is 5.14. The molecule has 114 valence electrons. The SMILES string of the molecule is Cc1ccc(N2C(=O)C(=Cc3ccc(C=O)cc3)SC2=S)cc1. The molecule has 3 nitrogen and oxygen atoms in total. The van der Waals surface area contributed by atoms with Gasteiger partial charge in [0.2, 0.25) is 0 Å². The highest BCUT2D eigenvalue weighted by molar-refractivity contribution is 8.27. The number of rotatable bonds is 3. The molecule has 0 unspecified atom stereocenters. The quantitative estimate of drug-likeness (QED) is 0.477. The number of aldehydes is 1. The normalized spacial score (nSPS) is 16.2. The summed E-state index contributed by atoms with van der Waals surface area (Å²) in [6.45, 7) is 2.00. The number of carbonyl (C=O) groups excluding carboxylic acids is 2. The fourth-order valence-corrected chi connectivity index (χ4v) is 3.51. The number of nitrogens with zero attached hydrogens (tertiary/aromatic N) is 1. The summed E-state index contributed by atoms with van der Waals surface area (Å²) in [5.74, 6) is -0.122. The maximum absolute atomic E-state index is 12.6. The molecule has 1 aliphatic rings. The van der Waals surface area contributed by atoms with E-state index in [1.54, 1.807) is 23.1 Å². The van der Waals surface area contributed by atoms with Crippen LogP contribution in [0.3, 0.4) is 0 Å². The van der Waals surface area contributed by atoms with Crippen LogP contribution in [0.4, 0.5) is 5.69 Å². The largest absolute Gasteiger partial charge is 0.298 e. The van der Waals surface area contributed by atoms with Gasteiger partial charge in [0.25, 0.3) is 5.91 Å². The smallest absolute Gasteiger partial charge is 0.270 e. The first kappa shape index (κ1) is 15.6. The van der Waals surface area contributed by atoms with Crippen molar-refractivity contribution in [2.45, 2.75) is 6.92 Å². The molecule has 2 aromatic carbocycles. The highest BCUT2D eigenvalue weighted by Crippen LogP contribution is 2.36. The van der Waals surface area contributed by atoms with E-state index in [4.69, 9.17) is 12.2 Å². The molecule has 2 aromatic rings. The predicted octanol–water partition coefficient (Wildman–Crippen LogP) is 4.21.